The van der Waals surface area contributed by atoms with E-state index in [9.17, 15) is 18.9 Å². The van der Waals surface area contributed by atoms with Gasteiger partial charge < -0.3 is 14.7 Å². The van der Waals surface area contributed by atoms with Crippen molar-refractivity contribution in [2.75, 3.05) is 24.6 Å². The highest BCUT2D eigenvalue weighted by atomic mass is 19.3. The summed E-state index contributed by atoms with van der Waals surface area (Å²) in [5, 5.41) is 19.7. The first-order valence-corrected chi connectivity index (χ1v) is 6.60. The SMILES string of the molecule is O=[N+]([O-])c1ccc(N2CC[C@@H](CCO)C2)cc1OC(F)F. The van der Waals surface area contributed by atoms with Crippen molar-refractivity contribution in [2.24, 2.45) is 5.92 Å². The molecule has 1 saturated heterocycles. The molecule has 0 saturated carbocycles. The molecular formula is C13H16F2N2O4. The lowest BCUT2D eigenvalue weighted by atomic mass is 10.1. The molecule has 0 bridgehead atoms. The summed E-state index contributed by atoms with van der Waals surface area (Å²) in [5.41, 5.74) is 0.127. The second-order valence-electron chi connectivity index (χ2n) is 4.90. The van der Waals surface area contributed by atoms with Gasteiger partial charge in [-0.2, -0.15) is 8.78 Å². The van der Waals surface area contributed by atoms with Gasteiger partial charge in [0.1, 0.15) is 0 Å². The molecule has 2 rings (SSSR count). The average Bonchev–Trinajstić information content (AvgIpc) is 2.86. The largest absolute Gasteiger partial charge is 0.427 e. The molecule has 0 unspecified atom stereocenters. The molecule has 1 aliphatic rings. The third kappa shape index (κ3) is 3.78. The lowest BCUT2D eigenvalue weighted by molar-refractivity contribution is -0.386. The number of nitro benzene ring substituents is 1. The van der Waals surface area contributed by atoms with Gasteiger partial charge in [0, 0.05) is 37.5 Å². The van der Waals surface area contributed by atoms with E-state index in [-0.39, 0.29) is 6.61 Å². The van der Waals surface area contributed by atoms with Crippen LogP contribution in [0.25, 0.3) is 0 Å². The van der Waals surface area contributed by atoms with Crippen LogP contribution in [0.1, 0.15) is 12.8 Å². The predicted octanol–water partition coefficient (Wildman–Crippen LogP) is 2.40. The van der Waals surface area contributed by atoms with Gasteiger partial charge in [-0.15, -0.1) is 0 Å². The van der Waals surface area contributed by atoms with E-state index in [2.05, 4.69) is 4.74 Å². The van der Waals surface area contributed by atoms with Crippen LogP contribution in [0.5, 0.6) is 5.75 Å². The zero-order valence-electron chi connectivity index (χ0n) is 11.2. The van der Waals surface area contributed by atoms with Crippen molar-refractivity contribution in [3.8, 4) is 5.75 Å². The van der Waals surface area contributed by atoms with Gasteiger partial charge in [0.2, 0.25) is 5.75 Å². The first-order chi connectivity index (χ1) is 10.0. The van der Waals surface area contributed by atoms with E-state index in [1.807, 2.05) is 4.90 Å². The van der Waals surface area contributed by atoms with E-state index in [4.69, 9.17) is 5.11 Å². The molecule has 0 aliphatic carbocycles. The highest BCUT2D eigenvalue weighted by molar-refractivity contribution is 5.59. The van der Waals surface area contributed by atoms with Crippen LogP contribution in [-0.2, 0) is 0 Å². The van der Waals surface area contributed by atoms with Gasteiger partial charge in [0.05, 0.1) is 4.92 Å². The van der Waals surface area contributed by atoms with Crippen molar-refractivity contribution in [3.63, 3.8) is 0 Å². The van der Waals surface area contributed by atoms with E-state index in [1.54, 1.807) is 0 Å². The molecule has 0 amide bonds. The van der Waals surface area contributed by atoms with E-state index in [0.29, 0.717) is 24.6 Å². The molecule has 1 N–H and O–H groups in total. The predicted molar refractivity (Wildman–Crippen MR) is 71.8 cm³/mol. The fourth-order valence-electron chi connectivity index (χ4n) is 2.53. The first-order valence-electron chi connectivity index (χ1n) is 6.60. The molecule has 1 aromatic rings. The summed E-state index contributed by atoms with van der Waals surface area (Å²) in [7, 11) is 0. The smallest absolute Gasteiger partial charge is 0.387 e. The topological polar surface area (TPSA) is 75.8 Å². The Labute approximate surface area is 120 Å². The van der Waals surface area contributed by atoms with Crippen molar-refractivity contribution >= 4 is 11.4 Å². The number of nitrogens with zero attached hydrogens (tertiary/aromatic N) is 2. The molecule has 1 atom stereocenters. The van der Waals surface area contributed by atoms with Gasteiger partial charge in [0.15, 0.2) is 0 Å². The third-order valence-electron chi connectivity index (χ3n) is 3.54. The first kappa shape index (κ1) is 15.4. The number of rotatable bonds is 6. The van der Waals surface area contributed by atoms with Crippen LogP contribution in [0.4, 0.5) is 20.2 Å². The maximum atomic E-state index is 12.3. The molecule has 1 heterocycles. The quantitative estimate of drug-likeness (QED) is 0.645. The molecule has 1 aromatic carbocycles. The summed E-state index contributed by atoms with van der Waals surface area (Å²) in [5.74, 6) is -0.0947. The van der Waals surface area contributed by atoms with E-state index < -0.39 is 23.0 Å². The van der Waals surface area contributed by atoms with Crippen molar-refractivity contribution in [3.05, 3.63) is 28.3 Å². The Morgan fingerprint density at radius 1 is 1.52 bits per heavy atom. The minimum atomic E-state index is -3.11. The van der Waals surface area contributed by atoms with Crippen LogP contribution < -0.4 is 9.64 Å². The maximum Gasteiger partial charge on any atom is 0.387 e. The van der Waals surface area contributed by atoms with E-state index in [1.165, 1.54) is 18.2 Å². The number of halogens is 2. The molecule has 6 nitrogen and oxygen atoms in total. The minimum Gasteiger partial charge on any atom is -0.427 e. The zero-order valence-corrected chi connectivity index (χ0v) is 11.2. The Hall–Kier alpha value is -1.96. The van der Waals surface area contributed by atoms with Crippen LogP contribution in [0.2, 0.25) is 0 Å². The Morgan fingerprint density at radius 2 is 2.29 bits per heavy atom. The molecule has 116 valence electrons. The second-order valence-corrected chi connectivity index (χ2v) is 4.90. The van der Waals surface area contributed by atoms with Gasteiger partial charge in [-0.1, -0.05) is 0 Å². The summed E-state index contributed by atoms with van der Waals surface area (Å²) < 4.78 is 28.9. The van der Waals surface area contributed by atoms with Crippen molar-refractivity contribution in [2.45, 2.75) is 19.5 Å². The number of aliphatic hydroxyl groups excluding tert-OH is 1. The summed E-state index contributed by atoms with van der Waals surface area (Å²) >= 11 is 0. The normalized spacial score (nSPS) is 18.3. The Balaban J connectivity index is 2.19. The van der Waals surface area contributed by atoms with Gasteiger partial charge in [0.25, 0.3) is 0 Å². The standard InChI is InChI=1S/C13H16F2N2O4/c14-13(15)21-12-7-10(1-2-11(12)17(19)20)16-5-3-9(8-16)4-6-18/h1-2,7,9,13,18H,3-6,8H2/t9-/m0/s1. The zero-order chi connectivity index (χ0) is 15.4. The van der Waals surface area contributed by atoms with Crippen LogP contribution in [0.3, 0.4) is 0 Å². The number of aliphatic hydroxyl groups is 1. The summed E-state index contributed by atoms with van der Waals surface area (Å²) in [6.45, 7) is -1.60. The van der Waals surface area contributed by atoms with Gasteiger partial charge in [-0.25, -0.2) is 0 Å². The highest BCUT2D eigenvalue weighted by Gasteiger charge is 2.25. The van der Waals surface area contributed by atoms with Crippen LogP contribution in [-0.4, -0.2) is 36.3 Å². The fraction of sp³-hybridized carbons (Fsp3) is 0.538. The minimum absolute atomic E-state index is 0.110. The summed E-state index contributed by atoms with van der Waals surface area (Å²) in [4.78, 5) is 12.0. The number of hydrogen-bond acceptors (Lipinski definition) is 5. The molecule has 0 radical (unpaired) electrons. The molecule has 0 spiro atoms. The lowest BCUT2D eigenvalue weighted by Gasteiger charge is -2.19. The van der Waals surface area contributed by atoms with Crippen LogP contribution >= 0.6 is 0 Å². The third-order valence-corrected chi connectivity index (χ3v) is 3.54. The Bertz CT molecular complexity index is 513. The molecule has 8 heteroatoms. The highest BCUT2D eigenvalue weighted by Crippen LogP contribution is 2.35. The van der Waals surface area contributed by atoms with Gasteiger partial charge in [-0.05, 0) is 24.8 Å². The molecular weight excluding hydrogens is 286 g/mol. The Morgan fingerprint density at radius 3 is 2.90 bits per heavy atom. The fourth-order valence-corrected chi connectivity index (χ4v) is 2.53. The van der Waals surface area contributed by atoms with Crippen LogP contribution in [0, 0.1) is 16.0 Å². The summed E-state index contributed by atoms with van der Waals surface area (Å²) in [6, 6.07) is 3.97. The number of hydrogen-bond donors (Lipinski definition) is 1. The number of benzene rings is 1. The van der Waals surface area contributed by atoms with E-state index in [0.717, 1.165) is 13.0 Å². The number of anilines is 1. The van der Waals surface area contributed by atoms with Crippen molar-refractivity contribution in [1.82, 2.24) is 0 Å². The summed E-state index contributed by atoms with van der Waals surface area (Å²) in [6.07, 6.45) is 1.58. The van der Waals surface area contributed by atoms with Crippen molar-refractivity contribution in [1.29, 1.82) is 0 Å². The maximum absolute atomic E-state index is 12.3. The van der Waals surface area contributed by atoms with E-state index >= 15 is 0 Å². The monoisotopic (exact) mass is 302 g/mol. The van der Waals surface area contributed by atoms with Crippen molar-refractivity contribution < 1.29 is 23.5 Å². The molecule has 0 aromatic heterocycles. The second kappa shape index (κ2) is 6.66. The lowest BCUT2D eigenvalue weighted by Crippen LogP contribution is -2.20. The molecule has 21 heavy (non-hydrogen) atoms. The van der Waals surface area contributed by atoms with Gasteiger partial charge >= 0.3 is 12.3 Å². The Kier molecular flexibility index (Phi) is 4.89. The molecule has 1 aliphatic heterocycles. The number of nitro groups is 1. The van der Waals surface area contributed by atoms with Gasteiger partial charge in [-0.3, -0.25) is 10.1 Å². The van der Waals surface area contributed by atoms with Crippen LogP contribution in [0.15, 0.2) is 18.2 Å². The number of ether oxygens (including phenoxy) is 1. The molecule has 1 fully saturated rings. The number of alkyl halides is 2. The average molecular weight is 302 g/mol.